The van der Waals surface area contributed by atoms with Crippen LogP contribution in [0.15, 0.2) is 39.0 Å². The summed E-state index contributed by atoms with van der Waals surface area (Å²) < 4.78 is 5.06. The van der Waals surface area contributed by atoms with Gasteiger partial charge in [-0.15, -0.1) is 0 Å². The number of rotatable bonds is 3. The van der Waals surface area contributed by atoms with Crippen LogP contribution >= 0.6 is 11.8 Å². The van der Waals surface area contributed by atoms with E-state index in [4.69, 9.17) is 9.52 Å². The van der Waals surface area contributed by atoms with Crippen molar-refractivity contribution >= 4 is 11.8 Å². The molecule has 0 spiro atoms. The standard InChI is InChI=1S/C11H10N2O3S/c1-7-2-3-12-11(13-7)17-6-8-4-9(14)10(15)5-16-8/h2-5,15H,6H2,1H3. The monoisotopic (exact) mass is 250 g/mol. The van der Waals surface area contributed by atoms with Crippen LogP contribution in [0.1, 0.15) is 11.5 Å². The zero-order valence-corrected chi connectivity index (χ0v) is 9.90. The Morgan fingerprint density at radius 2 is 2.35 bits per heavy atom. The van der Waals surface area contributed by atoms with Gasteiger partial charge in [-0.2, -0.15) is 0 Å². The van der Waals surface area contributed by atoms with Gasteiger partial charge in [0.15, 0.2) is 10.9 Å². The van der Waals surface area contributed by atoms with Crippen molar-refractivity contribution in [3.8, 4) is 5.75 Å². The van der Waals surface area contributed by atoms with E-state index < -0.39 is 5.43 Å². The molecular weight excluding hydrogens is 240 g/mol. The van der Waals surface area contributed by atoms with Gasteiger partial charge >= 0.3 is 0 Å². The summed E-state index contributed by atoms with van der Waals surface area (Å²) in [5, 5.41) is 9.65. The van der Waals surface area contributed by atoms with E-state index in [2.05, 4.69) is 9.97 Å². The molecule has 0 saturated carbocycles. The minimum atomic E-state index is -0.447. The summed E-state index contributed by atoms with van der Waals surface area (Å²) in [4.78, 5) is 19.4. The molecule has 17 heavy (non-hydrogen) atoms. The van der Waals surface area contributed by atoms with Gasteiger partial charge in [0.05, 0.1) is 5.75 Å². The summed E-state index contributed by atoms with van der Waals surface area (Å²) in [6.45, 7) is 1.88. The first-order valence-electron chi connectivity index (χ1n) is 4.88. The van der Waals surface area contributed by atoms with Gasteiger partial charge < -0.3 is 9.52 Å². The van der Waals surface area contributed by atoms with E-state index in [0.29, 0.717) is 16.7 Å². The molecule has 0 saturated heterocycles. The molecule has 0 unspecified atom stereocenters. The van der Waals surface area contributed by atoms with Crippen molar-refractivity contribution in [2.45, 2.75) is 17.8 Å². The molecule has 1 N–H and O–H groups in total. The quantitative estimate of drug-likeness (QED) is 0.660. The Balaban J connectivity index is 2.07. The van der Waals surface area contributed by atoms with Crippen LogP contribution in [0.25, 0.3) is 0 Å². The highest BCUT2D eigenvalue weighted by Crippen LogP contribution is 2.18. The van der Waals surface area contributed by atoms with Crippen molar-refractivity contribution in [2.24, 2.45) is 0 Å². The number of thioether (sulfide) groups is 1. The molecule has 0 aliphatic heterocycles. The Hall–Kier alpha value is -1.82. The Labute approximate surface area is 102 Å². The van der Waals surface area contributed by atoms with Crippen molar-refractivity contribution < 1.29 is 9.52 Å². The second kappa shape index (κ2) is 5.01. The second-order valence-corrected chi connectivity index (χ2v) is 4.31. The number of aryl methyl sites for hydroxylation is 1. The molecule has 0 amide bonds. The van der Waals surface area contributed by atoms with E-state index in [1.807, 2.05) is 13.0 Å². The van der Waals surface area contributed by atoms with Gasteiger partial charge in [-0.25, -0.2) is 9.97 Å². The van der Waals surface area contributed by atoms with E-state index in [1.54, 1.807) is 6.20 Å². The molecule has 0 aliphatic rings. The molecule has 0 fully saturated rings. The highest BCUT2D eigenvalue weighted by molar-refractivity contribution is 7.98. The normalized spacial score (nSPS) is 10.4. The van der Waals surface area contributed by atoms with Crippen LogP contribution in [0.2, 0.25) is 0 Å². The van der Waals surface area contributed by atoms with Gasteiger partial charge in [-0.3, -0.25) is 4.79 Å². The predicted molar refractivity (Wildman–Crippen MR) is 63.0 cm³/mol. The fourth-order valence-electron chi connectivity index (χ4n) is 1.15. The topological polar surface area (TPSA) is 76.2 Å². The predicted octanol–water partition coefficient (Wildman–Crippen LogP) is 1.74. The number of nitrogens with zero attached hydrogens (tertiary/aromatic N) is 2. The average molecular weight is 250 g/mol. The third-order valence-corrected chi connectivity index (χ3v) is 2.87. The lowest BCUT2D eigenvalue weighted by atomic mass is 10.4. The van der Waals surface area contributed by atoms with Gasteiger partial charge in [0, 0.05) is 18.0 Å². The Morgan fingerprint density at radius 3 is 3.06 bits per heavy atom. The minimum absolute atomic E-state index is 0.384. The van der Waals surface area contributed by atoms with E-state index in [0.717, 1.165) is 12.0 Å². The highest BCUT2D eigenvalue weighted by atomic mass is 32.2. The van der Waals surface area contributed by atoms with Crippen LogP contribution in [0.5, 0.6) is 5.75 Å². The molecule has 5 nitrogen and oxygen atoms in total. The third kappa shape index (κ3) is 3.07. The molecule has 2 aromatic heterocycles. The fraction of sp³-hybridized carbons (Fsp3) is 0.182. The van der Waals surface area contributed by atoms with Crippen molar-refractivity contribution in [3.63, 3.8) is 0 Å². The molecule has 2 heterocycles. The second-order valence-electron chi connectivity index (χ2n) is 3.37. The Bertz CT molecular complexity index is 583. The summed E-state index contributed by atoms with van der Waals surface area (Å²) in [7, 11) is 0. The number of aromatic nitrogens is 2. The van der Waals surface area contributed by atoms with E-state index in [1.165, 1.54) is 17.8 Å². The van der Waals surface area contributed by atoms with Crippen LogP contribution in [0.3, 0.4) is 0 Å². The van der Waals surface area contributed by atoms with Gasteiger partial charge in [-0.1, -0.05) is 11.8 Å². The van der Waals surface area contributed by atoms with Crippen LogP contribution in [-0.2, 0) is 5.75 Å². The van der Waals surface area contributed by atoms with Crippen molar-refractivity contribution in [2.75, 3.05) is 0 Å². The fourth-order valence-corrected chi connectivity index (χ4v) is 1.92. The zero-order chi connectivity index (χ0) is 12.3. The summed E-state index contributed by atoms with van der Waals surface area (Å²) in [5.74, 6) is 0.535. The molecule has 0 bridgehead atoms. The molecule has 2 rings (SSSR count). The zero-order valence-electron chi connectivity index (χ0n) is 9.08. The Morgan fingerprint density at radius 1 is 1.53 bits per heavy atom. The maximum absolute atomic E-state index is 11.2. The van der Waals surface area contributed by atoms with Gasteiger partial charge in [0.25, 0.3) is 0 Å². The lowest BCUT2D eigenvalue weighted by molar-refractivity contribution is 0.419. The maximum Gasteiger partial charge on any atom is 0.226 e. The molecule has 6 heteroatoms. The maximum atomic E-state index is 11.2. The van der Waals surface area contributed by atoms with E-state index >= 15 is 0 Å². The summed E-state index contributed by atoms with van der Waals surface area (Å²) in [5.41, 5.74) is 0.437. The largest absolute Gasteiger partial charge is 0.502 e. The summed E-state index contributed by atoms with van der Waals surface area (Å²) in [6.07, 6.45) is 2.72. The number of hydrogen-bond acceptors (Lipinski definition) is 6. The molecule has 0 aliphatic carbocycles. The molecule has 88 valence electrons. The van der Waals surface area contributed by atoms with Crippen molar-refractivity contribution in [1.82, 2.24) is 9.97 Å². The van der Waals surface area contributed by atoms with Crippen LogP contribution < -0.4 is 5.43 Å². The van der Waals surface area contributed by atoms with Gasteiger partial charge in [0.1, 0.15) is 12.0 Å². The molecular formula is C11H10N2O3S. The molecule has 0 aromatic carbocycles. The minimum Gasteiger partial charge on any atom is -0.502 e. The lowest BCUT2D eigenvalue weighted by Gasteiger charge is -2.00. The third-order valence-electron chi connectivity index (χ3n) is 1.98. The number of aromatic hydroxyl groups is 1. The lowest BCUT2D eigenvalue weighted by Crippen LogP contribution is -1.99. The summed E-state index contributed by atoms with van der Waals surface area (Å²) >= 11 is 1.37. The van der Waals surface area contributed by atoms with E-state index in [-0.39, 0.29) is 5.75 Å². The first-order chi connectivity index (χ1) is 8.15. The SMILES string of the molecule is Cc1ccnc(SCc2cc(=O)c(O)co2)n1. The molecule has 0 radical (unpaired) electrons. The first kappa shape index (κ1) is 11.7. The first-order valence-corrected chi connectivity index (χ1v) is 5.87. The summed E-state index contributed by atoms with van der Waals surface area (Å²) in [6, 6.07) is 3.07. The Kier molecular flexibility index (Phi) is 3.43. The van der Waals surface area contributed by atoms with Crippen molar-refractivity contribution in [1.29, 1.82) is 0 Å². The van der Waals surface area contributed by atoms with Crippen LogP contribution in [0, 0.1) is 6.92 Å². The van der Waals surface area contributed by atoms with E-state index in [9.17, 15) is 4.79 Å². The molecule has 0 atom stereocenters. The van der Waals surface area contributed by atoms with Crippen LogP contribution in [0.4, 0.5) is 0 Å². The smallest absolute Gasteiger partial charge is 0.226 e. The van der Waals surface area contributed by atoms with Crippen LogP contribution in [-0.4, -0.2) is 15.1 Å². The highest BCUT2D eigenvalue weighted by Gasteiger charge is 2.04. The molecule has 2 aromatic rings. The van der Waals surface area contributed by atoms with Gasteiger partial charge in [0.2, 0.25) is 5.43 Å². The van der Waals surface area contributed by atoms with Crippen molar-refractivity contribution in [3.05, 3.63) is 46.3 Å². The number of hydrogen-bond donors (Lipinski definition) is 1. The average Bonchev–Trinajstić information content (AvgIpc) is 2.31. The van der Waals surface area contributed by atoms with Gasteiger partial charge in [-0.05, 0) is 13.0 Å².